The third kappa shape index (κ3) is 5.46. The van der Waals surface area contributed by atoms with Crippen molar-refractivity contribution < 1.29 is 24.2 Å². The lowest BCUT2D eigenvalue weighted by atomic mass is 9.98. The number of carbonyl (C=O) groups is 3. The second-order valence-electron chi connectivity index (χ2n) is 8.53. The van der Waals surface area contributed by atoms with Gasteiger partial charge in [-0.2, -0.15) is 0 Å². The largest absolute Gasteiger partial charge is 0.481 e. The lowest BCUT2D eigenvalue weighted by Gasteiger charge is -2.24. The van der Waals surface area contributed by atoms with E-state index in [9.17, 15) is 14.4 Å². The van der Waals surface area contributed by atoms with Gasteiger partial charge in [0.1, 0.15) is 12.6 Å². The van der Waals surface area contributed by atoms with Crippen molar-refractivity contribution in [2.75, 3.05) is 6.61 Å². The van der Waals surface area contributed by atoms with E-state index in [1.165, 1.54) is 0 Å². The molecular weight excluding hydrogens is 408 g/mol. The minimum Gasteiger partial charge on any atom is -0.481 e. The van der Waals surface area contributed by atoms with Gasteiger partial charge >= 0.3 is 12.1 Å². The topological polar surface area (TPSA) is 105 Å². The summed E-state index contributed by atoms with van der Waals surface area (Å²) >= 11 is 0. The van der Waals surface area contributed by atoms with Gasteiger partial charge in [0.15, 0.2) is 0 Å². The van der Waals surface area contributed by atoms with Gasteiger partial charge in [-0.1, -0.05) is 62.4 Å². The van der Waals surface area contributed by atoms with Crippen molar-refractivity contribution >= 4 is 18.0 Å². The number of hydrogen-bond donors (Lipinski definition) is 3. The Balaban J connectivity index is 1.60. The zero-order valence-electron chi connectivity index (χ0n) is 18.6. The number of alkyl carbamates (subject to hydrolysis) is 1. The van der Waals surface area contributed by atoms with Crippen molar-refractivity contribution in [1.29, 1.82) is 0 Å². The number of benzene rings is 2. The van der Waals surface area contributed by atoms with Gasteiger partial charge in [-0.05, 0) is 41.5 Å². The molecule has 0 bridgehead atoms. The van der Waals surface area contributed by atoms with Crippen LogP contribution in [-0.4, -0.2) is 41.8 Å². The maximum absolute atomic E-state index is 12.6. The number of aliphatic carboxylic acids is 1. The highest BCUT2D eigenvalue weighted by Gasteiger charge is 2.30. The van der Waals surface area contributed by atoms with Gasteiger partial charge in [-0.15, -0.1) is 0 Å². The third-order valence-electron chi connectivity index (χ3n) is 5.75. The molecule has 0 heterocycles. The summed E-state index contributed by atoms with van der Waals surface area (Å²) in [6.07, 6.45) is -0.372. The smallest absolute Gasteiger partial charge is 0.407 e. The molecule has 2 amide bonds. The normalized spacial score (nSPS) is 14.2. The zero-order valence-corrected chi connectivity index (χ0v) is 18.6. The van der Waals surface area contributed by atoms with Gasteiger partial charge in [-0.3, -0.25) is 9.59 Å². The van der Waals surface area contributed by atoms with E-state index in [1.54, 1.807) is 6.92 Å². The molecule has 170 valence electrons. The van der Waals surface area contributed by atoms with Crippen molar-refractivity contribution in [1.82, 2.24) is 10.6 Å². The number of ether oxygens (including phenoxy) is 1. The van der Waals surface area contributed by atoms with Crippen LogP contribution in [0, 0.1) is 5.92 Å². The van der Waals surface area contributed by atoms with Crippen LogP contribution in [0.15, 0.2) is 48.5 Å². The van der Waals surface area contributed by atoms with E-state index in [0.717, 1.165) is 22.3 Å². The van der Waals surface area contributed by atoms with Gasteiger partial charge in [0, 0.05) is 18.4 Å². The minimum atomic E-state index is -0.914. The summed E-state index contributed by atoms with van der Waals surface area (Å²) in [7, 11) is 0. The van der Waals surface area contributed by atoms with Crippen LogP contribution in [0.4, 0.5) is 4.79 Å². The number of carboxylic acids is 1. The van der Waals surface area contributed by atoms with E-state index in [1.807, 2.05) is 50.2 Å². The number of nitrogens with one attached hydrogen (secondary N) is 2. The van der Waals surface area contributed by atoms with Crippen LogP contribution < -0.4 is 10.6 Å². The highest BCUT2D eigenvalue weighted by atomic mass is 16.5. The number of amides is 2. The molecular formula is C25H30N2O5. The molecule has 1 aliphatic carbocycles. The standard InChI is InChI=1S/C25H30N2O5/c1-15(2)23(24(30)26-16(3)12-13-22(28)29)27-25(31)32-14-21-19-10-6-4-8-17(19)18-9-5-7-11-20(18)21/h4-11,15-16,21,23H,12-14H2,1-3H3,(H,26,30)(H,27,31)(H,28,29)/t16?,23-/m1/s1. The van der Waals surface area contributed by atoms with E-state index in [0.29, 0.717) is 6.42 Å². The molecule has 0 saturated heterocycles. The fourth-order valence-electron chi connectivity index (χ4n) is 4.05. The van der Waals surface area contributed by atoms with Crippen molar-refractivity contribution in [2.45, 2.75) is 51.6 Å². The first kappa shape index (κ1) is 23.3. The molecule has 32 heavy (non-hydrogen) atoms. The van der Waals surface area contributed by atoms with Crippen molar-refractivity contribution in [2.24, 2.45) is 5.92 Å². The maximum Gasteiger partial charge on any atom is 0.407 e. The predicted octanol–water partition coefficient (Wildman–Crippen LogP) is 3.92. The van der Waals surface area contributed by atoms with Gasteiger partial charge in [0.25, 0.3) is 0 Å². The average molecular weight is 439 g/mol. The average Bonchev–Trinajstić information content (AvgIpc) is 3.08. The van der Waals surface area contributed by atoms with E-state index >= 15 is 0 Å². The van der Waals surface area contributed by atoms with Crippen molar-refractivity contribution in [3.63, 3.8) is 0 Å². The summed E-state index contributed by atoms with van der Waals surface area (Å²) < 4.78 is 5.55. The summed E-state index contributed by atoms with van der Waals surface area (Å²) in [6.45, 7) is 5.57. The van der Waals surface area contributed by atoms with Crippen LogP contribution in [0.2, 0.25) is 0 Å². The number of carboxylic acid groups (broad SMARTS) is 1. The molecule has 7 nitrogen and oxygen atoms in total. The Labute approximate surface area is 188 Å². The molecule has 7 heteroatoms. The maximum atomic E-state index is 12.6. The number of carbonyl (C=O) groups excluding carboxylic acids is 2. The predicted molar refractivity (Wildman–Crippen MR) is 121 cm³/mol. The lowest BCUT2D eigenvalue weighted by Crippen LogP contribution is -2.51. The van der Waals surface area contributed by atoms with Crippen LogP contribution >= 0.6 is 0 Å². The number of rotatable bonds is 9. The van der Waals surface area contributed by atoms with Crippen LogP contribution in [0.25, 0.3) is 11.1 Å². The van der Waals surface area contributed by atoms with Gasteiger partial charge in [-0.25, -0.2) is 4.79 Å². The highest BCUT2D eigenvalue weighted by molar-refractivity contribution is 5.86. The second-order valence-corrected chi connectivity index (χ2v) is 8.53. The molecule has 2 aromatic carbocycles. The van der Waals surface area contributed by atoms with Gasteiger partial charge in [0.05, 0.1) is 0 Å². The SMILES string of the molecule is CC(CCC(=O)O)NC(=O)[C@H](NC(=O)OCC1c2ccccc2-c2ccccc21)C(C)C. The fourth-order valence-corrected chi connectivity index (χ4v) is 4.05. The summed E-state index contributed by atoms with van der Waals surface area (Å²) in [5.74, 6) is -1.49. The summed E-state index contributed by atoms with van der Waals surface area (Å²) in [6, 6.07) is 15.1. The first-order valence-corrected chi connectivity index (χ1v) is 10.9. The molecule has 0 aromatic heterocycles. The quantitative estimate of drug-likeness (QED) is 0.550. The molecule has 0 radical (unpaired) electrons. The van der Waals surface area contributed by atoms with Crippen molar-refractivity contribution in [3.8, 4) is 11.1 Å². The summed E-state index contributed by atoms with van der Waals surface area (Å²) in [5, 5.41) is 14.2. The van der Waals surface area contributed by atoms with Crippen LogP contribution in [0.3, 0.4) is 0 Å². The van der Waals surface area contributed by atoms with Crippen LogP contribution in [-0.2, 0) is 14.3 Å². The molecule has 1 aliphatic rings. The molecule has 2 atom stereocenters. The Kier molecular flexibility index (Phi) is 7.51. The minimum absolute atomic E-state index is 0.0341. The third-order valence-corrected chi connectivity index (χ3v) is 5.75. The van der Waals surface area contributed by atoms with E-state index < -0.39 is 18.1 Å². The number of hydrogen-bond acceptors (Lipinski definition) is 4. The molecule has 2 aromatic rings. The van der Waals surface area contributed by atoms with E-state index in [2.05, 4.69) is 22.8 Å². The molecule has 0 saturated carbocycles. The fraction of sp³-hybridized carbons (Fsp3) is 0.400. The summed E-state index contributed by atoms with van der Waals surface area (Å²) in [5.41, 5.74) is 4.53. The molecule has 3 rings (SSSR count). The first-order chi connectivity index (χ1) is 15.3. The summed E-state index contributed by atoms with van der Waals surface area (Å²) in [4.78, 5) is 35.9. The van der Waals surface area contributed by atoms with E-state index in [-0.39, 0.29) is 36.8 Å². The Bertz CT molecular complexity index is 942. The van der Waals surface area contributed by atoms with E-state index in [4.69, 9.17) is 9.84 Å². The van der Waals surface area contributed by atoms with Gasteiger partial charge < -0.3 is 20.5 Å². The van der Waals surface area contributed by atoms with Crippen LogP contribution in [0.1, 0.15) is 50.7 Å². The Morgan fingerprint density at radius 2 is 1.50 bits per heavy atom. The molecule has 3 N–H and O–H groups in total. The highest BCUT2D eigenvalue weighted by Crippen LogP contribution is 2.44. The molecule has 0 aliphatic heterocycles. The molecule has 0 fully saturated rings. The first-order valence-electron chi connectivity index (χ1n) is 10.9. The second kappa shape index (κ2) is 10.3. The lowest BCUT2D eigenvalue weighted by molar-refractivity contribution is -0.137. The number of fused-ring (bicyclic) bond motifs is 3. The van der Waals surface area contributed by atoms with Gasteiger partial charge in [0.2, 0.25) is 5.91 Å². The zero-order chi connectivity index (χ0) is 23.3. The Hall–Kier alpha value is -3.35. The Morgan fingerprint density at radius 1 is 0.938 bits per heavy atom. The molecule has 0 spiro atoms. The Morgan fingerprint density at radius 3 is 2.03 bits per heavy atom. The monoisotopic (exact) mass is 438 g/mol. The van der Waals surface area contributed by atoms with Crippen LogP contribution in [0.5, 0.6) is 0 Å². The molecule has 1 unspecified atom stereocenters. The van der Waals surface area contributed by atoms with Crippen molar-refractivity contribution in [3.05, 3.63) is 59.7 Å².